The van der Waals surface area contributed by atoms with Gasteiger partial charge in [-0.15, -0.1) is 0 Å². The smallest absolute Gasteiger partial charge is 0.276 e. The summed E-state index contributed by atoms with van der Waals surface area (Å²) in [7, 11) is 3.00. The molecule has 0 aliphatic carbocycles. The molecular weight excluding hydrogens is 1140 g/mol. The number of amides is 5. The lowest BCUT2D eigenvalue weighted by molar-refractivity contribution is -0.127. The largest absolute Gasteiger partial charge is 0.493 e. The molecule has 0 aromatic heterocycles. The van der Waals surface area contributed by atoms with E-state index in [1.165, 1.54) is 35.7 Å². The first-order valence-corrected chi connectivity index (χ1v) is 32.3. The zero-order valence-electron chi connectivity index (χ0n) is 48.6. The molecule has 5 aromatic rings. The molecule has 450 valence electrons. The van der Waals surface area contributed by atoms with Gasteiger partial charge in [-0.2, -0.15) is 8.42 Å². The quantitative estimate of drug-likeness (QED) is 0.0229. The number of fused-ring (bicyclic) bond motifs is 8. The van der Waals surface area contributed by atoms with Gasteiger partial charge in [0, 0.05) is 98.0 Å². The highest BCUT2D eigenvalue weighted by Crippen LogP contribution is 2.43. The molecule has 0 bridgehead atoms. The monoisotopic (exact) mass is 1220 g/mol. The third-order valence-corrected chi connectivity index (χ3v) is 20.4. The summed E-state index contributed by atoms with van der Waals surface area (Å²) in [5.41, 5.74) is 9.50. The van der Waals surface area contributed by atoms with Gasteiger partial charge in [0.25, 0.3) is 21.9 Å². The summed E-state index contributed by atoms with van der Waals surface area (Å²) in [5, 5.41) is 6.16. The average Bonchev–Trinajstić information content (AvgIpc) is 1.75. The minimum absolute atomic E-state index is 0.0191. The molecule has 5 aromatic carbocycles. The van der Waals surface area contributed by atoms with E-state index in [0.29, 0.717) is 64.6 Å². The molecule has 85 heavy (non-hydrogen) atoms. The number of nitrogens with one attached hydrogen (secondary N) is 3. The van der Waals surface area contributed by atoms with Crippen LogP contribution in [-0.2, 0) is 66.6 Å². The molecule has 4 heterocycles. The van der Waals surface area contributed by atoms with E-state index >= 15 is 0 Å². The number of carbonyl (C=O) groups is 7. The van der Waals surface area contributed by atoms with Gasteiger partial charge < -0.3 is 44.9 Å². The van der Waals surface area contributed by atoms with E-state index in [1.54, 1.807) is 18.2 Å². The normalized spacial score (nSPS) is 16.3. The first-order chi connectivity index (χ1) is 40.6. The van der Waals surface area contributed by atoms with Gasteiger partial charge in [-0.05, 0) is 141 Å². The minimum Gasteiger partial charge on any atom is -0.493 e. The number of Topliss-reactive ketones (excluding diaryl/α,β-unsaturated/α-hetero) is 2. The summed E-state index contributed by atoms with van der Waals surface area (Å²) < 4.78 is 51.1. The van der Waals surface area contributed by atoms with Crippen LogP contribution >= 0.6 is 21.6 Å². The van der Waals surface area contributed by atoms with Crippen LogP contribution < -0.4 is 44.9 Å². The van der Waals surface area contributed by atoms with E-state index in [4.69, 9.17) is 14.2 Å². The van der Waals surface area contributed by atoms with Crippen LogP contribution in [0.1, 0.15) is 119 Å². The zero-order valence-corrected chi connectivity index (χ0v) is 51.1. The number of ether oxygens (including phenoxy) is 3. The molecule has 22 heteroatoms. The molecular formula is C63H72N6O13S3. The molecule has 1 unspecified atom stereocenters. The van der Waals surface area contributed by atoms with Gasteiger partial charge in [-0.3, -0.25) is 38.1 Å². The van der Waals surface area contributed by atoms with Crippen molar-refractivity contribution in [1.82, 2.24) is 10.6 Å². The summed E-state index contributed by atoms with van der Waals surface area (Å²) in [6.07, 6.45) is 3.05. The first-order valence-electron chi connectivity index (χ1n) is 28.5. The number of nitrogens with zero attached hydrogens (tertiary/aromatic N) is 3. The molecule has 4 aliphatic rings. The Morgan fingerprint density at radius 2 is 1.35 bits per heavy atom. The molecule has 4 N–H and O–H groups in total. The first kappa shape index (κ1) is 62.1. The van der Waals surface area contributed by atoms with Crippen LogP contribution in [0.25, 0.3) is 0 Å². The van der Waals surface area contributed by atoms with E-state index < -0.39 is 37.8 Å². The topological polar surface area (TPSA) is 247 Å². The van der Waals surface area contributed by atoms with E-state index in [1.807, 2.05) is 98.3 Å². The third kappa shape index (κ3) is 15.0. The maximum absolute atomic E-state index is 14.2. The summed E-state index contributed by atoms with van der Waals surface area (Å²) in [5.74, 6) is -0.693. The van der Waals surface area contributed by atoms with Crippen molar-refractivity contribution in [3.8, 4) is 17.2 Å². The Kier molecular flexibility index (Phi) is 19.7. The number of benzene rings is 5. The van der Waals surface area contributed by atoms with Gasteiger partial charge in [-0.1, -0.05) is 58.0 Å². The molecule has 4 aliphatic heterocycles. The van der Waals surface area contributed by atoms with Crippen molar-refractivity contribution in [2.24, 2.45) is 0 Å². The van der Waals surface area contributed by atoms with E-state index in [9.17, 15) is 46.5 Å². The van der Waals surface area contributed by atoms with E-state index in [0.717, 1.165) is 58.6 Å². The molecule has 0 radical (unpaired) electrons. The van der Waals surface area contributed by atoms with Crippen molar-refractivity contribution in [3.63, 3.8) is 0 Å². The number of aryl methyl sites for hydroxylation is 2. The minimum atomic E-state index is -4.56. The third-order valence-electron chi connectivity index (χ3n) is 15.9. The molecule has 3 atom stereocenters. The Morgan fingerprint density at radius 1 is 0.729 bits per heavy atom. The summed E-state index contributed by atoms with van der Waals surface area (Å²) in [6.45, 7) is 6.17. The van der Waals surface area contributed by atoms with Gasteiger partial charge >= 0.3 is 0 Å². The number of hydrogen-bond acceptors (Lipinski definition) is 15. The number of para-hydroxylation sites is 2. The van der Waals surface area contributed by atoms with Gasteiger partial charge in [0.05, 0.1) is 30.9 Å². The van der Waals surface area contributed by atoms with Crippen LogP contribution in [0.3, 0.4) is 0 Å². The Bertz CT molecular complexity index is 3540. The zero-order chi connectivity index (χ0) is 60.7. The molecule has 5 amide bonds. The number of anilines is 4. The second kappa shape index (κ2) is 26.9. The summed E-state index contributed by atoms with van der Waals surface area (Å²) in [4.78, 5) is 98.2. The van der Waals surface area contributed by atoms with Gasteiger partial charge in [0.2, 0.25) is 17.7 Å². The van der Waals surface area contributed by atoms with Crippen LogP contribution in [0.5, 0.6) is 17.2 Å². The van der Waals surface area contributed by atoms with Crippen molar-refractivity contribution in [3.05, 3.63) is 136 Å². The lowest BCUT2D eigenvalue weighted by Gasteiger charge is -2.25. The van der Waals surface area contributed by atoms with E-state index in [-0.39, 0.29) is 99.5 Å². The highest BCUT2D eigenvalue weighted by molar-refractivity contribution is 8.77. The van der Waals surface area contributed by atoms with Crippen LogP contribution in [0.4, 0.5) is 22.7 Å². The Morgan fingerprint density at radius 3 is 2.02 bits per heavy atom. The summed E-state index contributed by atoms with van der Waals surface area (Å²) in [6, 6.07) is 28.9. The highest BCUT2D eigenvalue weighted by atomic mass is 33.1. The number of ketones is 2. The van der Waals surface area contributed by atoms with E-state index in [2.05, 4.69) is 33.0 Å². The lowest BCUT2D eigenvalue weighted by Crippen LogP contribution is -2.41. The fraction of sp³-hybridized carbons (Fsp3) is 0.413. The molecule has 19 nitrogen and oxygen atoms in total. The Hall–Kier alpha value is -7.40. The fourth-order valence-corrected chi connectivity index (χ4v) is 15.0. The predicted octanol–water partition coefficient (Wildman–Crippen LogP) is 8.79. The van der Waals surface area contributed by atoms with Crippen molar-refractivity contribution >= 4 is 95.6 Å². The van der Waals surface area contributed by atoms with Crippen molar-refractivity contribution in [2.45, 2.75) is 127 Å². The van der Waals surface area contributed by atoms with Gasteiger partial charge in [0.1, 0.15) is 24.7 Å². The number of hydrogen-bond donors (Lipinski definition) is 4. The second-order valence-corrected chi connectivity index (χ2v) is 27.3. The maximum atomic E-state index is 14.2. The number of rotatable bonds is 26. The van der Waals surface area contributed by atoms with Crippen molar-refractivity contribution in [2.75, 3.05) is 60.1 Å². The van der Waals surface area contributed by atoms with Gasteiger partial charge in [-0.25, -0.2) is 0 Å². The maximum Gasteiger partial charge on any atom is 0.276 e. The fourth-order valence-electron chi connectivity index (χ4n) is 11.4. The second-order valence-electron chi connectivity index (χ2n) is 22.6. The van der Waals surface area contributed by atoms with Crippen molar-refractivity contribution in [1.29, 1.82) is 0 Å². The Labute approximate surface area is 503 Å². The van der Waals surface area contributed by atoms with Gasteiger partial charge in [0.15, 0.2) is 22.5 Å². The number of likely N-dealkylation sites (N-methyl/N-ethyl adjacent to an activating group) is 1. The predicted molar refractivity (Wildman–Crippen MR) is 330 cm³/mol. The average molecular weight is 1220 g/mol. The molecule has 0 fully saturated rings. The standard InChI is InChI=1S/C63H72N6O13S3/c1-38-25-50-53(67(5)35-46-30-43-12-8-10-14-52(43)69(46)62(50)76)33-54(38)81-36-39-26-40(37-82-56-31-41-15-16-45-29-42-11-7-9-13-51(42)68(45)61(75)49(41)32-55(56)80-6)28-44(27-39)66-59(73)20-18-48(71)34-65-58(72)19-17-47(70)21-23-63(2,3)84-83-24-22-57(60(74)64-4)85(77,78)79/h7-14,25-28,31-33,45-46,57H,15-24,29-30,34-37H2,1-6H3,(H,64,74)(H,65,72)(H,66,73)(H,77,78,79)/t45-,46+,57?/m1/s1. The lowest BCUT2D eigenvalue weighted by atomic mass is 9.99. The summed E-state index contributed by atoms with van der Waals surface area (Å²) >= 11 is 0. The molecule has 0 spiro atoms. The molecule has 0 saturated carbocycles. The van der Waals surface area contributed by atoms with Crippen LogP contribution in [0.15, 0.2) is 91.0 Å². The SMILES string of the molecule is CNC(=O)C(CCSSC(C)(C)CCC(=O)CCC(=O)NCC(=O)CCC(=O)Nc1cc(COc2cc3c(cc2C)C(=O)N2c4ccccc4C[C@H]2CN3C)cc(COc2cc3c(cc2OC)C(=O)N2c4ccccc4C[C@H]2CC3)c1)S(=O)(=O)O. The highest BCUT2D eigenvalue weighted by Gasteiger charge is 2.40. The van der Waals surface area contributed by atoms with Crippen LogP contribution in [-0.4, -0.2) is 116 Å². The number of carbonyl (C=O) groups excluding carboxylic acids is 7. The van der Waals surface area contributed by atoms with Crippen molar-refractivity contribution < 1.29 is 60.7 Å². The number of methoxy groups -OCH3 is 1. The Balaban J connectivity index is 0.817. The molecule has 0 saturated heterocycles. The molecule has 9 rings (SSSR count). The van der Waals surface area contributed by atoms with Crippen LogP contribution in [0.2, 0.25) is 0 Å². The van der Waals surface area contributed by atoms with Crippen LogP contribution in [0, 0.1) is 6.92 Å².